The molecular weight excluding hydrogens is 304 g/mol. The maximum atomic E-state index is 11.9. The number of sulfonamides is 1. The zero-order chi connectivity index (χ0) is 16.0. The number of aliphatic imine (C=N–C) groups is 1. The van der Waals surface area contributed by atoms with Crippen molar-refractivity contribution in [1.29, 1.82) is 0 Å². The first-order chi connectivity index (χ1) is 10.5. The van der Waals surface area contributed by atoms with Gasteiger partial charge in [0.1, 0.15) is 5.84 Å². The van der Waals surface area contributed by atoms with Crippen molar-refractivity contribution < 1.29 is 17.9 Å². The lowest BCUT2D eigenvalue weighted by atomic mass is 10.2. The molecule has 0 amide bonds. The number of ether oxygens (including phenoxy) is 1. The molecule has 0 aromatic heterocycles. The number of rotatable bonds is 7. The van der Waals surface area contributed by atoms with Gasteiger partial charge in [-0.25, -0.2) is 8.42 Å². The van der Waals surface area contributed by atoms with Gasteiger partial charge in [-0.15, -0.1) is 0 Å². The first kappa shape index (κ1) is 16.5. The standard InChI is InChI=1S/C15H20N2O4S/c1-2-3-11-21-14(18)9-6-10-16-15-12-7-4-5-8-13(12)22(19,20)17-15/h4-5,7-8H,2-3,6,9-11H2,1H3,(H,16,17). The van der Waals surface area contributed by atoms with Crippen LogP contribution in [0.5, 0.6) is 0 Å². The second-order valence-corrected chi connectivity index (χ2v) is 6.66. The summed E-state index contributed by atoms with van der Waals surface area (Å²) in [6.45, 7) is 2.86. The lowest BCUT2D eigenvalue weighted by molar-refractivity contribution is -0.143. The van der Waals surface area contributed by atoms with Gasteiger partial charge in [0, 0.05) is 18.5 Å². The Labute approximate surface area is 130 Å². The SMILES string of the molecule is CCCCOC(=O)CCCN=C1NS(=O)(=O)c2ccccc21. The van der Waals surface area contributed by atoms with Crippen molar-refractivity contribution >= 4 is 21.8 Å². The number of hydrogen-bond donors (Lipinski definition) is 1. The zero-order valence-electron chi connectivity index (χ0n) is 12.5. The highest BCUT2D eigenvalue weighted by molar-refractivity contribution is 7.90. The van der Waals surface area contributed by atoms with E-state index in [4.69, 9.17) is 4.74 Å². The number of fused-ring (bicyclic) bond motifs is 1. The molecule has 1 heterocycles. The van der Waals surface area contributed by atoms with Crippen LogP contribution in [0.15, 0.2) is 34.2 Å². The summed E-state index contributed by atoms with van der Waals surface area (Å²) in [5.41, 5.74) is 0.577. The van der Waals surface area contributed by atoms with Crippen LogP contribution in [-0.4, -0.2) is 33.4 Å². The predicted molar refractivity (Wildman–Crippen MR) is 83.3 cm³/mol. The van der Waals surface area contributed by atoms with Crippen molar-refractivity contribution in [3.63, 3.8) is 0 Å². The van der Waals surface area contributed by atoms with E-state index in [0.29, 0.717) is 31.0 Å². The van der Waals surface area contributed by atoms with E-state index in [2.05, 4.69) is 9.71 Å². The largest absolute Gasteiger partial charge is 0.466 e. The van der Waals surface area contributed by atoms with E-state index in [1.807, 2.05) is 6.92 Å². The third-order valence-corrected chi connectivity index (χ3v) is 4.63. The molecule has 0 atom stereocenters. The third-order valence-electron chi connectivity index (χ3n) is 3.23. The van der Waals surface area contributed by atoms with Crippen LogP contribution < -0.4 is 4.72 Å². The van der Waals surface area contributed by atoms with Gasteiger partial charge in [-0.05, 0) is 25.0 Å². The fraction of sp³-hybridized carbons (Fsp3) is 0.467. The molecule has 6 nitrogen and oxygen atoms in total. The zero-order valence-corrected chi connectivity index (χ0v) is 13.4. The van der Waals surface area contributed by atoms with Crippen molar-refractivity contribution in [2.24, 2.45) is 4.99 Å². The Hall–Kier alpha value is -1.89. The van der Waals surface area contributed by atoms with Crippen LogP contribution >= 0.6 is 0 Å². The number of hydrogen-bond acceptors (Lipinski definition) is 5. The normalized spacial score (nSPS) is 17.0. The second kappa shape index (κ2) is 7.40. The average Bonchev–Trinajstić information content (AvgIpc) is 2.76. The molecule has 1 aliphatic rings. The van der Waals surface area contributed by atoms with Crippen molar-refractivity contribution in [2.45, 2.75) is 37.5 Å². The second-order valence-electron chi connectivity index (χ2n) is 5.01. The molecule has 2 rings (SSSR count). The molecule has 0 saturated heterocycles. The van der Waals surface area contributed by atoms with E-state index in [-0.39, 0.29) is 17.3 Å². The molecule has 0 spiro atoms. The molecule has 7 heteroatoms. The van der Waals surface area contributed by atoms with Crippen LogP contribution in [0, 0.1) is 0 Å². The molecule has 22 heavy (non-hydrogen) atoms. The van der Waals surface area contributed by atoms with Crippen LogP contribution in [0.4, 0.5) is 0 Å². The molecule has 0 fully saturated rings. The number of unbranched alkanes of at least 4 members (excludes halogenated alkanes) is 1. The van der Waals surface area contributed by atoms with Gasteiger partial charge in [0.05, 0.1) is 11.5 Å². The van der Waals surface area contributed by atoms with Crippen molar-refractivity contribution in [3.8, 4) is 0 Å². The first-order valence-electron chi connectivity index (χ1n) is 7.37. The summed E-state index contributed by atoms with van der Waals surface area (Å²) in [5, 5.41) is 0. The molecule has 0 aliphatic carbocycles. The Kier molecular flexibility index (Phi) is 5.54. The average molecular weight is 324 g/mol. The number of esters is 1. The Morgan fingerprint density at radius 2 is 2.05 bits per heavy atom. The topological polar surface area (TPSA) is 84.8 Å². The van der Waals surface area contributed by atoms with Crippen LogP contribution in [0.3, 0.4) is 0 Å². The summed E-state index contributed by atoms with van der Waals surface area (Å²) >= 11 is 0. The highest BCUT2D eigenvalue weighted by atomic mass is 32.2. The molecule has 1 N–H and O–H groups in total. The first-order valence-corrected chi connectivity index (χ1v) is 8.85. The van der Waals surface area contributed by atoms with E-state index < -0.39 is 10.0 Å². The fourth-order valence-corrected chi connectivity index (χ4v) is 3.32. The van der Waals surface area contributed by atoms with Crippen molar-refractivity contribution in [1.82, 2.24) is 4.72 Å². The van der Waals surface area contributed by atoms with Crippen molar-refractivity contribution in [2.75, 3.05) is 13.2 Å². The fourth-order valence-electron chi connectivity index (χ4n) is 2.07. The lowest BCUT2D eigenvalue weighted by Crippen LogP contribution is -2.22. The third kappa shape index (κ3) is 4.07. The van der Waals surface area contributed by atoms with Gasteiger partial charge in [-0.3, -0.25) is 14.5 Å². The van der Waals surface area contributed by atoms with Gasteiger partial charge in [0.15, 0.2) is 0 Å². The van der Waals surface area contributed by atoms with Crippen LogP contribution in [0.2, 0.25) is 0 Å². The maximum Gasteiger partial charge on any atom is 0.305 e. The minimum absolute atomic E-state index is 0.235. The monoisotopic (exact) mass is 324 g/mol. The number of benzene rings is 1. The summed E-state index contributed by atoms with van der Waals surface area (Å²) in [4.78, 5) is 15.9. The van der Waals surface area contributed by atoms with E-state index in [1.165, 1.54) is 0 Å². The molecule has 0 saturated carbocycles. The molecular formula is C15H20N2O4S. The van der Waals surface area contributed by atoms with Gasteiger partial charge in [0.25, 0.3) is 10.0 Å². The predicted octanol–water partition coefficient (Wildman–Crippen LogP) is 1.85. The Morgan fingerprint density at radius 1 is 1.27 bits per heavy atom. The van der Waals surface area contributed by atoms with Gasteiger partial charge in [-0.1, -0.05) is 25.5 Å². The molecule has 0 unspecified atom stereocenters. The quantitative estimate of drug-likeness (QED) is 0.613. The van der Waals surface area contributed by atoms with Crippen LogP contribution in [0.25, 0.3) is 0 Å². The Bertz CT molecular complexity index is 668. The van der Waals surface area contributed by atoms with Gasteiger partial charge >= 0.3 is 5.97 Å². The lowest BCUT2D eigenvalue weighted by Gasteiger charge is -2.03. The van der Waals surface area contributed by atoms with E-state index >= 15 is 0 Å². The summed E-state index contributed by atoms with van der Waals surface area (Å²) in [6, 6.07) is 6.70. The van der Waals surface area contributed by atoms with Crippen LogP contribution in [-0.2, 0) is 19.6 Å². The summed E-state index contributed by atoms with van der Waals surface area (Å²) < 4.78 is 31.2. The van der Waals surface area contributed by atoms with Gasteiger partial charge in [-0.2, -0.15) is 0 Å². The number of carbonyl (C=O) groups excluding carboxylic acids is 1. The highest BCUT2D eigenvalue weighted by Gasteiger charge is 2.29. The van der Waals surface area contributed by atoms with E-state index in [9.17, 15) is 13.2 Å². The number of amidine groups is 1. The van der Waals surface area contributed by atoms with Gasteiger partial charge in [0.2, 0.25) is 0 Å². The molecule has 0 radical (unpaired) electrons. The Balaban J connectivity index is 1.87. The van der Waals surface area contributed by atoms with E-state index in [1.54, 1.807) is 24.3 Å². The summed E-state index contributed by atoms with van der Waals surface area (Å²) in [6.07, 6.45) is 2.67. The molecule has 1 aromatic carbocycles. The number of nitrogens with zero attached hydrogens (tertiary/aromatic N) is 1. The highest BCUT2D eigenvalue weighted by Crippen LogP contribution is 2.22. The van der Waals surface area contributed by atoms with E-state index in [0.717, 1.165) is 12.8 Å². The summed E-state index contributed by atoms with van der Waals surface area (Å²) in [5.74, 6) is 0.107. The van der Waals surface area contributed by atoms with Gasteiger partial charge < -0.3 is 4.74 Å². The maximum absolute atomic E-state index is 11.9. The minimum atomic E-state index is -3.50. The van der Waals surface area contributed by atoms with Crippen molar-refractivity contribution in [3.05, 3.63) is 29.8 Å². The minimum Gasteiger partial charge on any atom is -0.466 e. The molecule has 1 aromatic rings. The molecule has 0 bridgehead atoms. The van der Waals surface area contributed by atoms with Crippen LogP contribution in [0.1, 0.15) is 38.2 Å². The smallest absolute Gasteiger partial charge is 0.305 e. The molecule has 120 valence electrons. The number of nitrogens with one attached hydrogen (secondary N) is 1. The Morgan fingerprint density at radius 3 is 2.82 bits per heavy atom. The number of carbonyl (C=O) groups is 1. The summed E-state index contributed by atoms with van der Waals surface area (Å²) in [7, 11) is -3.50. The molecule has 1 aliphatic heterocycles.